The van der Waals surface area contributed by atoms with Crippen LogP contribution in [0.15, 0.2) is 0 Å². The molecule has 1 N–H and O–H groups in total. The third-order valence-electron chi connectivity index (χ3n) is 2.26. The highest BCUT2D eigenvalue weighted by Gasteiger charge is 2.17. The van der Waals surface area contributed by atoms with Crippen LogP contribution in [0.3, 0.4) is 0 Å². The summed E-state index contributed by atoms with van der Waals surface area (Å²) in [4.78, 5) is 0. The van der Waals surface area contributed by atoms with Crippen molar-refractivity contribution >= 4 is 11.6 Å². The largest absolute Gasteiger partial charge is 0.311 e. The Morgan fingerprint density at radius 2 is 2.50 bits per heavy atom. The maximum atomic E-state index is 5.98. The van der Waals surface area contributed by atoms with E-state index in [1.54, 1.807) is 0 Å². The molecule has 2 rings (SSSR count). The number of nitrogens with one attached hydrogen (secondary N) is 1. The molecule has 0 aromatic carbocycles. The average Bonchev–Trinajstić information content (AvgIpc) is 2.44. The summed E-state index contributed by atoms with van der Waals surface area (Å²) in [5, 5.41) is 8.25. The molecule has 1 aliphatic rings. The van der Waals surface area contributed by atoms with E-state index in [9.17, 15) is 0 Å². The van der Waals surface area contributed by atoms with Gasteiger partial charge in [-0.05, 0) is 19.9 Å². The van der Waals surface area contributed by atoms with Gasteiger partial charge in [0.25, 0.3) is 0 Å². The lowest BCUT2D eigenvalue weighted by Crippen LogP contribution is -2.25. The highest BCUT2D eigenvalue weighted by Crippen LogP contribution is 2.21. The fourth-order valence-electron chi connectivity index (χ4n) is 1.63. The summed E-state index contributed by atoms with van der Waals surface area (Å²) >= 11 is 5.98. The van der Waals surface area contributed by atoms with Crippen LogP contribution in [0.1, 0.15) is 18.2 Å². The first-order chi connectivity index (χ1) is 5.83. The van der Waals surface area contributed by atoms with Gasteiger partial charge in [-0.3, -0.25) is 4.68 Å². The monoisotopic (exact) mass is 185 g/mol. The van der Waals surface area contributed by atoms with Gasteiger partial charge in [-0.15, -0.1) is 0 Å². The van der Waals surface area contributed by atoms with Crippen LogP contribution in [0.5, 0.6) is 0 Å². The molecule has 3 nitrogen and oxygen atoms in total. The summed E-state index contributed by atoms with van der Waals surface area (Å²) in [7, 11) is 0. The molecule has 0 amide bonds. The molecule has 0 aliphatic carbocycles. The maximum Gasteiger partial charge on any atom is 0.154 e. The van der Waals surface area contributed by atoms with Gasteiger partial charge in [-0.25, -0.2) is 0 Å². The number of aryl methyl sites for hydroxylation is 1. The second-order valence-electron chi connectivity index (χ2n) is 2.96. The van der Waals surface area contributed by atoms with Gasteiger partial charge in [0, 0.05) is 18.7 Å². The maximum absolute atomic E-state index is 5.98. The van der Waals surface area contributed by atoms with Crippen LogP contribution in [0.4, 0.5) is 0 Å². The third kappa shape index (κ3) is 1.13. The van der Waals surface area contributed by atoms with Crippen molar-refractivity contribution in [3.8, 4) is 0 Å². The molecule has 0 spiro atoms. The first kappa shape index (κ1) is 8.08. The number of rotatable bonds is 1. The summed E-state index contributed by atoms with van der Waals surface area (Å²) in [5.74, 6) is 0. The van der Waals surface area contributed by atoms with E-state index in [2.05, 4.69) is 17.3 Å². The molecule has 66 valence electrons. The Balaban J connectivity index is 2.47. The van der Waals surface area contributed by atoms with Crippen molar-refractivity contribution in [2.24, 2.45) is 0 Å². The van der Waals surface area contributed by atoms with Crippen LogP contribution < -0.4 is 5.32 Å². The van der Waals surface area contributed by atoms with E-state index in [0.29, 0.717) is 5.15 Å². The quantitative estimate of drug-likeness (QED) is 0.713. The van der Waals surface area contributed by atoms with E-state index in [1.165, 1.54) is 11.3 Å². The van der Waals surface area contributed by atoms with Gasteiger partial charge < -0.3 is 5.32 Å². The van der Waals surface area contributed by atoms with Gasteiger partial charge in [0.05, 0.1) is 5.69 Å². The normalized spacial score (nSPS) is 16.2. The summed E-state index contributed by atoms with van der Waals surface area (Å²) in [6, 6.07) is 0. The standard InChI is InChI=1S/C8H12ClN3/c1-2-12-7-5-10-4-3-6(7)8(9)11-12/h10H,2-5H2,1H3. The minimum absolute atomic E-state index is 0.688. The smallest absolute Gasteiger partial charge is 0.154 e. The highest BCUT2D eigenvalue weighted by molar-refractivity contribution is 6.30. The Morgan fingerprint density at radius 3 is 3.25 bits per heavy atom. The van der Waals surface area contributed by atoms with Crippen molar-refractivity contribution < 1.29 is 0 Å². The number of hydrogen-bond donors (Lipinski definition) is 1. The van der Waals surface area contributed by atoms with Crippen molar-refractivity contribution in [1.82, 2.24) is 15.1 Å². The van der Waals surface area contributed by atoms with Crippen molar-refractivity contribution in [3.05, 3.63) is 16.4 Å². The van der Waals surface area contributed by atoms with E-state index in [0.717, 1.165) is 26.1 Å². The van der Waals surface area contributed by atoms with E-state index < -0.39 is 0 Å². The summed E-state index contributed by atoms with van der Waals surface area (Å²) in [6.07, 6.45) is 1.01. The van der Waals surface area contributed by atoms with Crippen LogP contribution in [0.2, 0.25) is 5.15 Å². The van der Waals surface area contributed by atoms with Gasteiger partial charge in [0.1, 0.15) is 0 Å². The van der Waals surface area contributed by atoms with Gasteiger partial charge in [-0.1, -0.05) is 11.6 Å². The second kappa shape index (κ2) is 3.07. The SMILES string of the molecule is CCn1nc(Cl)c2c1CNCC2. The zero-order valence-corrected chi connectivity index (χ0v) is 7.86. The molecular weight excluding hydrogens is 174 g/mol. The van der Waals surface area contributed by atoms with Crippen LogP contribution >= 0.6 is 11.6 Å². The molecule has 2 heterocycles. The molecule has 1 aromatic heterocycles. The molecule has 0 atom stereocenters. The minimum atomic E-state index is 0.688. The van der Waals surface area contributed by atoms with E-state index in [1.807, 2.05) is 4.68 Å². The lowest BCUT2D eigenvalue weighted by molar-refractivity contribution is 0.560. The average molecular weight is 186 g/mol. The molecule has 12 heavy (non-hydrogen) atoms. The van der Waals surface area contributed by atoms with Gasteiger partial charge in [-0.2, -0.15) is 5.10 Å². The predicted molar refractivity (Wildman–Crippen MR) is 48.3 cm³/mol. The van der Waals surface area contributed by atoms with Crippen molar-refractivity contribution in [2.75, 3.05) is 6.54 Å². The molecule has 0 radical (unpaired) electrons. The lowest BCUT2D eigenvalue weighted by atomic mass is 10.1. The minimum Gasteiger partial charge on any atom is -0.311 e. The molecule has 0 saturated carbocycles. The van der Waals surface area contributed by atoms with E-state index in [4.69, 9.17) is 11.6 Å². The van der Waals surface area contributed by atoms with Gasteiger partial charge >= 0.3 is 0 Å². The van der Waals surface area contributed by atoms with E-state index >= 15 is 0 Å². The van der Waals surface area contributed by atoms with Crippen molar-refractivity contribution in [3.63, 3.8) is 0 Å². The van der Waals surface area contributed by atoms with Crippen molar-refractivity contribution in [1.29, 1.82) is 0 Å². The summed E-state index contributed by atoms with van der Waals surface area (Å²) < 4.78 is 1.98. The molecule has 1 aromatic rings. The first-order valence-electron chi connectivity index (χ1n) is 4.27. The van der Waals surface area contributed by atoms with Crippen LogP contribution in [0.25, 0.3) is 0 Å². The number of nitrogens with zero attached hydrogens (tertiary/aromatic N) is 2. The zero-order valence-electron chi connectivity index (χ0n) is 7.10. The molecule has 0 saturated heterocycles. The van der Waals surface area contributed by atoms with Gasteiger partial charge in [0.2, 0.25) is 0 Å². The molecule has 1 aliphatic heterocycles. The first-order valence-corrected chi connectivity index (χ1v) is 4.65. The number of halogens is 1. The summed E-state index contributed by atoms with van der Waals surface area (Å²) in [5.41, 5.74) is 2.49. The van der Waals surface area contributed by atoms with Crippen molar-refractivity contribution in [2.45, 2.75) is 26.4 Å². The third-order valence-corrected chi connectivity index (χ3v) is 2.56. The van der Waals surface area contributed by atoms with Crippen LogP contribution in [0, 0.1) is 0 Å². The van der Waals surface area contributed by atoms with Crippen LogP contribution in [-0.4, -0.2) is 16.3 Å². The lowest BCUT2D eigenvalue weighted by Gasteiger charge is -2.14. The Hall–Kier alpha value is -0.540. The number of aromatic nitrogens is 2. The molecule has 0 unspecified atom stereocenters. The Labute approximate surface area is 76.7 Å². The molecular formula is C8H12ClN3. The van der Waals surface area contributed by atoms with Crippen LogP contribution in [-0.2, 0) is 19.5 Å². The topological polar surface area (TPSA) is 29.9 Å². The molecule has 4 heteroatoms. The van der Waals surface area contributed by atoms with E-state index in [-0.39, 0.29) is 0 Å². The number of fused-ring (bicyclic) bond motifs is 1. The Morgan fingerprint density at radius 1 is 1.67 bits per heavy atom. The van der Waals surface area contributed by atoms with Gasteiger partial charge in [0.15, 0.2) is 5.15 Å². The molecule has 0 fully saturated rings. The molecule has 0 bridgehead atoms. The Bertz CT molecular complexity index is 293. The fraction of sp³-hybridized carbons (Fsp3) is 0.625. The summed E-state index contributed by atoms with van der Waals surface area (Å²) in [6.45, 7) is 4.90. The number of hydrogen-bond acceptors (Lipinski definition) is 2. The fourth-order valence-corrected chi connectivity index (χ4v) is 1.92. The highest BCUT2D eigenvalue weighted by atomic mass is 35.5. The zero-order chi connectivity index (χ0) is 8.55. The second-order valence-corrected chi connectivity index (χ2v) is 3.32. The Kier molecular flexibility index (Phi) is 2.07. The predicted octanol–water partition coefficient (Wildman–Crippen LogP) is 1.20.